The van der Waals surface area contributed by atoms with Crippen molar-refractivity contribution in [1.82, 2.24) is 4.98 Å². The molecule has 2 nitrogen and oxygen atoms in total. The van der Waals surface area contributed by atoms with Crippen LogP contribution in [0.25, 0.3) is 17.0 Å². The first kappa shape index (κ1) is 10.1. The third kappa shape index (κ3) is 2.17. The topological polar surface area (TPSA) is 38.9 Å². The van der Waals surface area contributed by atoms with E-state index in [1.807, 2.05) is 36.4 Å². The van der Waals surface area contributed by atoms with Crippen molar-refractivity contribution in [1.29, 1.82) is 0 Å². The van der Waals surface area contributed by atoms with Crippen LogP contribution in [-0.2, 0) is 0 Å². The van der Waals surface area contributed by atoms with Crippen molar-refractivity contribution in [3.8, 4) is 0 Å². The molecule has 3 heteroatoms. The van der Waals surface area contributed by atoms with Gasteiger partial charge in [-0.3, -0.25) is 4.98 Å². The molecule has 1 heterocycles. The van der Waals surface area contributed by atoms with Crippen molar-refractivity contribution in [3.63, 3.8) is 0 Å². The van der Waals surface area contributed by atoms with Crippen LogP contribution in [0.1, 0.15) is 5.56 Å². The number of fused-ring (bicyclic) bond motifs is 1. The molecule has 0 unspecified atom stereocenters. The number of nitrogens with zero attached hydrogens (tertiary/aromatic N) is 1. The summed E-state index contributed by atoms with van der Waals surface area (Å²) in [6.45, 7) is 0.539. The number of nitrogens with two attached hydrogens (primary N) is 1. The molecule has 0 saturated carbocycles. The second-order valence-electron chi connectivity index (χ2n) is 3.20. The first-order chi connectivity index (χ1) is 7.31. The Bertz CT molecular complexity index is 506. The quantitative estimate of drug-likeness (QED) is 0.842. The molecule has 15 heavy (non-hydrogen) atoms. The summed E-state index contributed by atoms with van der Waals surface area (Å²) in [6.07, 6.45) is 5.69. The van der Waals surface area contributed by atoms with Crippen LogP contribution in [-0.4, -0.2) is 11.5 Å². The Morgan fingerprint density at radius 2 is 2.20 bits per heavy atom. The maximum Gasteiger partial charge on any atom is 0.0722 e. The number of aromatic nitrogens is 1. The van der Waals surface area contributed by atoms with Crippen LogP contribution in [0.2, 0.25) is 5.02 Å². The minimum atomic E-state index is 0.539. The summed E-state index contributed by atoms with van der Waals surface area (Å²) in [6, 6.07) is 7.66. The highest BCUT2D eigenvalue weighted by Crippen LogP contribution is 2.21. The first-order valence-electron chi connectivity index (χ1n) is 4.72. The van der Waals surface area contributed by atoms with Gasteiger partial charge in [0.2, 0.25) is 0 Å². The van der Waals surface area contributed by atoms with E-state index in [-0.39, 0.29) is 0 Å². The molecule has 2 rings (SSSR count). The number of hydrogen-bond acceptors (Lipinski definition) is 2. The van der Waals surface area contributed by atoms with E-state index in [9.17, 15) is 0 Å². The molecule has 0 radical (unpaired) electrons. The van der Waals surface area contributed by atoms with Gasteiger partial charge in [0.1, 0.15) is 0 Å². The van der Waals surface area contributed by atoms with Gasteiger partial charge in [-0.1, -0.05) is 29.8 Å². The fraction of sp³-hybridized carbons (Fsp3) is 0.0833. The van der Waals surface area contributed by atoms with E-state index in [0.717, 1.165) is 16.5 Å². The van der Waals surface area contributed by atoms with Gasteiger partial charge in [-0.2, -0.15) is 0 Å². The Labute approximate surface area is 93.4 Å². The van der Waals surface area contributed by atoms with Crippen LogP contribution in [0, 0.1) is 0 Å². The first-order valence-corrected chi connectivity index (χ1v) is 5.10. The van der Waals surface area contributed by atoms with E-state index >= 15 is 0 Å². The van der Waals surface area contributed by atoms with Gasteiger partial charge in [-0.15, -0.1) is 0 Å². The summed E-state index contributed by atoms with van der Waals surface area (Å²) >= 11 is 5.90. The third-order valence-corrected chi connectivity index (χ3v) is 2.41. The van der Waals surface area contributed by atoms with Gasteiger partial charge in [0, 0.05) is 23.2 Å². The minimum Gasteiger partial charge on any atom is -0.327 e. The molecule has 2 N–H and O–H groups in total. The van der Waals surface area contributed by atoms with Crippen LogP contribution in [0.15, 0.2) is 36.5 Å². The number of benzene rings is 1. The molecular weight excluding hydrogens is 208 g/mol. The molecule has 0 spiro atoms. The Hall–Kier alpha value is -1.38. The van der Waals surface area contributed by atoms with E-state index in [1.54, 1.807) is 6.20 Å². The molecule has 0 atom stereocenters. The number of rotatable bonds is 2. The van der Waals surface area contributed by atoms with Gasteiger partial charge >= 0.3 is 0 Å². The van der Waals surface area contributed by atoms with Crippen molar-refractivity contribution >= 4 is 28.6 Å². The Morgan fingerprint density at radius 1 is 1.33 bits per heavy atom. The molecule has 2 aromatic rings. The largest absolute Gasteiger partial charge is 0.327 e. The third-order valence-electron chi connectivity index (χ3n) is 2.17. The Balaban J connectivity index is 2.60. The second kappa shape index (κ2) is 4.43. The monoisotopic (exact) mass is 218 g/mol. The molecule has 0 bridgehead atoms. The fourth-order valence-corrected chi connectivity index (χ4v) is 1.65. The van der Waals surface area contributed by atoms with Gasteiger partial charge in [-0.05, 0) is 23.8 Å². The maximum absolute atomic E-state index is 5.90. The molecule has 1 aromatic heterocycles. The van der Waals surface area contributed by atoms with Gasteiger partial charge in [-0.25, -0.2) is 0 Å². The molecule has 0 amide bonds. The van der Waals surface area contributed by atoms with Gasteiger partial charge < -0.3 is 5.73 Å². The number of halogens is 1. The highest BCUT2D eigenvalue weighted by Gasteiger charge is 1.99. The minimum absolute atomic E-state index is 0.539. The lowest BCUT2D eigenvalue weighted by atomic mass is 10.1. The summed E-state index contributed by atoms with van der Waals surface area (Å²) < 4.78 is 0. The van der Waals surface area contributed by atoms with E-state index < -0.39 is 0 Å². The number of hydrogen-bond donors (Lipinski definition) is 1. The SMILES string of the molecule is NCC=Cc1ccnc2cc(Cl)ccc12. The lowest BCUT2D eigenvalue weighted by molar-refractivity contribution is 1.26. The zero-order chi connectivity index (χ0) is 10.7. The van der Waals surface area contributed by atoms with E-state index in [4.69, 9.17) is 17.3 Å². The van der Waals surface area contributed by atoms with Gasteiger partial charge in [0.15, 0.2) is 0 Å². The summed E-state index contributed by atoms with van der Waals surface area (Å²) in [4.78, 5) is 4.26. The average Bonchev–Trinajstić information content (AvgIpc) is 2.25. The molecule has 0 aliphatic carbocycles. The van der Waals surface area contributed by atoms with Crippen LogP contribution in [0.3, 0.4) is 0 Å². The van der Waals surface area contributed by atoms with Crippen LogP contribution in [0.5, 0.6) is 0 Å². The van der Waals surface area contributed by atoms with Crippen molar-refractivity contribution in [2.75, 3.05) is 6.54 Å². The van der Waals surface area contributed by atoms with E-state index in [0.29, 0.717) is 11.6 Å². The number of pyridine rings is 1. The second-order valence-corrected chi connectivity index (χ2v) is 3.64. The predicted octanol–water partition coefficient (Wildman–Crippen LogP) is 2.86. The maximum atomic E-state index is 5.90. The van der Waals surface area contributed by atoms with Crippen molar-refractivity contribution in [2.24, 2.45) is 5.73 Å². The molecule has 76 valence electrons. The summed E-state index contributed by atoms with van der Waals surface area (Å²) in [5.74, 6) is 0. The zero-order valence-electron chi connectivity index (χ0n) is 8.15. The van der Waals surface area contributed by atoms with Crippen molar-refractivity contribution in [2.45, 2.75) is 0 Å². The molecule has 0 aliphatic heterocycles. The molecule has 1 aromatic carbocycles. The lowest BCUT2D eigenvalue weighted by Gasteiger charge is -2.01. The van der Waals surface area contributed by atoms with Crippen molar-refractivity contribution in [3.05, 3.63) is 47.1 Å². The summed E-state index contributed by atoms with van der Waals surface area (Å²) in [5.41, 5.74) is 7.44. The van der Waals surface area contributed by atoms with Gasteiger partial charge in [0.25, 0.3) is 0 Å². The molecule has 0 saturated heterocycles. The predicted molar refractivity (Wildman–Crippen MR) is 64.8 cm³/mol. The molecular formula is C12H11ClN2. The average molecular weight is 219 g/mol. The standard InChI is InChI=1S/C12H11ClN2/c13-10-3-4-11-9(2-1-6-14)5-7-15-12(11)8-10/h1-5,7-8H,6,14H2. The molecule has 0 fully saturated rings. The van der Waals surface area contributed by atoms with Crippen molar-refractivity contribution < 1.29 is 0 Å². The summed E-state index contributed by atoms with van der Waals surface area (Å²) in [7, 11) is 0. The van der Waals surface area contributed by atoms with Crippen LogP contribution >= 0.6 is 11.6 Å². The lowest BCUT2D eigenvalue weighted by Crippen LogP contribution is -1.92. The Morgan fingerprint density at radius 3 is 3.00 bits per heavy atom. The van der Waals surface area contributed by atoms with Crippen LogP contribution in [0.4, 0.5) is 0 Å². The normalized spacial score (nSPS) is 11.3. The zero-order valence-corrected chi connectivity index (χ0v) is 8.91. The van der Waals surface area contributed by atoms with E-state index in [1.165, 1.54) is 0 Å². The molecule has 0 aliphatic rings. The fourth-order valence-electron chi connectivity index (χ4n) is 1.48. The van der Waals surface area contributed by atoms with Crippen LogP contribution < -0.4 is 5.73 Å². The highest BCUT2D eigenvalue weighted by atomic mass is 35.5. The summed E-state index contributed by atoms with van der Waals surface area (Å²) in [5, 5.41) is 1.79. The Kier molecular flexibility index (Phi) is 2.99. The van der Waals surface area contributed by atoms with Gasteiger partial charge in [0.05, 0.1) is 5.52 Å². The smallest absolute Gasteiger partial charge is 0.0722 e. The van der Waals surface area contributed by atoms with E-state index in [2.05, 4.69) is 4.98 Å². The highest BCUT2D eigenvalue weighted by molar-refractivity contribution is 6.31.